The summed E-state index contributed by atoms with van der Waals surface area (Å²) < 4.78 is 0. The molecule has 0 aromatic heterocycles. The lowest BCUT2D eigenvalue weighted by molar-refractivity contribution is -0.522. The van der Waals surface area contributed by atoms with Crippen molar-refractivity contribution in [2.75, 3.05) is 0 Å². The molecule has 0 fully saturated rings. The number of alkyl halides is 1. The van der Waals surface area contributed by atoms with Gasteiger partial charge in [-0.3, -0.25) is 10.1 Å². The molecule has 1 N–H and O–H groups in total. The zero-order valence-electron chi connectivity index (χ0n) is 11.8. The molecule has 0 heterocycles. The number of benzene rings is 1. The molecule has 0 aliphatic carbocycles. The molecule has 1 aromatic carbocycles. The van der Waals surface area contributed by atoms with Gasteiger partial charge < -0.3 is 5.11 Å². The SMILES string of the molecule is CCCCCC(Br)CC(Cc1ccc(O)cc1)[N+](=O)[O-]. The first kappa shape index (κ1) is 17.0. The van der Waals surface area contributed by atoms with Crippen LogP contribution in [-0.2, 0) is 6.42 Å². The molecule has 2 unspecified atom stereocenters. The van der Waals surface area contributed by atoms with Gasteiger partial charge in [0.25, 0.3) is 0 Å². The predicted molar refractivity (Wildman–Crippen MR) is 84.1 cm³/mol. The number of halogens is 1. The molecule has 2 atom stereocenters. The van der Waals surface area contributed by atoms with Gasteiger partial charge in [0.15, 0.2) is 0 Å². The van der Waals surface area contributed by atoms with Gasteiger partial charge in [-0.15, -0.1) is 0 Å². The van der Waals surface area contributed by atoms with Crippen LogP contribution in [0.2, 0.25) is 0 Å². The third kappa shape index (κ3) is 6.37. The highest BCUT2D eigenvalue weighted by Gasteiger charge is 2.24. The van der Waals surface area contributed by atoms with E-state index in [1.54, 1.807) is 24.3 Å². The van der Waals surface area contributed by atoms with Crippen molar-refractivity contribution in [2.24, 2.45) is 0 Å². The van der Waals surface area contributed by atoms with Crippen LogP contribution in [0.15, 0.2) is 24.3 Å². The number of hydrogen-bond acceptors (Lipinski definition) is 3. The lowest BCUT2D eigenvalue weighted by Crippen LogP contribution is -2.25. The molecule has 0 saturated heterocycles. The number of hydrogen-bond donors (Lipinski definition) is 1. The van der Waals surface area contributed by atoms with E-state index in [1.165, 1.54) is 6.42 Å². The maximum Gasteiger partial charge on any atom is 0.218 e. The van der Waals surface area contributed by atoms with E-state index in [0.717, 1.165) is 24.8 Å². The number of phenolic OH excluding ortho intramolecular Hbond substituents is 1. The molecular weight excluding hydrogens is 322 g/mol. The molecule has 112 valence electrons. The summed E-state index contributed by atoms with van der Waals surface area (Å²) in [5.41, 5.74) is 0.887. The number of rotatable bonds is 9. The summed E-state index contributed by atoms with van der Waals surface area (Å²) in [5.74, 6) is 0.185. The molecule has 0 radical (unpaired) electrons. The largest absolute Gasteiger partial charge is 0.508 e. The first-order chi connectivity index (χ1) is 9.52. The fraction of sp³-hybridized carbons (Fsp3) is 0.600. The van der Waals surface area contributed by atoms with Crippen molar-refractivity contribution in [3.8, 4) is 5.75 Å². The van der Waals surface area contributed by atoms with Crippen LogP contribution < -0.4 is 0 Å². The van der Waals surface area contributed by atoms with E-state index in [2.05, 4.69) is 22.9 Å². The molecule has 0 saturated carbocycles. The zero-order valence-corrected chi connectivity index (χ0v) is 13.4. The lowest BCUT2D eigenvalue weighted by atomic mass is 10.00. The minimum Gasteiger partial charge on any atom is -0.508 e. The van der Waals surface area contributed by atoms with Gasteiger partial charge in [0.05, 0.1) is 0 Å². The fourth-order valence-electron chi connectivity index (χ4n) is 2.18. The van der Waals surface area contributed by atoms with E-state index in [9.17, 15) is 15.2 Å². The third-order valence-corrected chi connectivity index (χ3v) is 4.19. The number of unbranched alkanes of at least 4 members (excludes halogenated alkanes) is 2. The van der Waals surface area contributed by atoms with Crippen molar-refractivity contribution in [1.82, 2.24) is 0 Å². The van der Waals surface area contributed by atoms with E-state index in [-0.39, 0.29) is 15.5 Å². The van der Waals surface area contributed by atoms with Crippen molar-refractivity contribution in [3.05, 3.63) is 39.9 Å². The maximum absolute atomic E-state index is 11.2. The van der Waals surface area contributed by atoms with Gasteiger partial charge in [0, 0.05) is 22.6 Å². The molecule has 20 heavy (non-hydrogen) atoms. The monoisotopic (exact) mass is 343 g/mol. The van der Waals surface area contributed by atoms with Gasteiger partial charge in [-0.05, 0) is 24.1 Å². The van der Waals surface area contributed by atoms with Crippen LogP contribution in [0.3, 0.4) is 0 Å². The highest BCUT2D eigenvalue weighted by molar-refractivity contribution is 9.09. The molecule has 4 nitrogen and oxygen atoms in total. The van der Waals surface area contributed by atoms with E-state index in [4.69, 9.17) is 0 Å². The topological polar surface area (TPSA) is 63.4 Å². The highest BCUT2D eigenvalue weighted by atomic mass is 79.9. The van der Waals surface area contributed by atoms with Gasteiger partial charge >= 0.3 is 0 Å². The van der Waals surface area contributed by atoms with Crippen LogP contribution in [0.25, 0.3) is 0 Å². The van der Waals surface area contributed by atoms with Crippen molar-refractivity contribution >= 4 is 15.9 Å². The van der Waals surface area contributed by atoms with Gasteiger partial charge in [-0.1, -0.05) is 54.2 Å². The van der Waals surface area contributed by atoms with Crippen molar-refractivity contribution < 1.29 is 10.0 Å². The Morgan fingerprint density at radius 2 is 1.95 bits per heavy atom. The van der Waals surface area contributed by atoms with E-state index < -0.39 is 6.04 Å². The molecule has 0 bridgehead atoms. The second kappa shape index (κ2) is 8.95. The van der Waals surface area contributed by atoms with Gasteiger partial charge in [0.2, 0.25) is 6.04 Å². The molecule has 0 aliphatic heterocycles. The van der Waals surface area contributed by atoms with Crippen LogP contribution in [-0.4, -0.2) is 20.9 Å². The Balaban J connectivity index is 2.51. The normalized spacial score (nSPS) is 13.9. The Hall–Kier alpha value is -1.10. The van der Waals surface area contributed by atoms with E-state index >= 15 is 0 Å². The second-order valence-electron chi connectivity index (χ2n) is 5.14. The molecule has 0 spiro atoms. The third-order valence-electron chi connectivity index (χ3n) is 3.35. The Labute approximate surface area is 128 Å². The average molecular weight is 344 g/mol. The van der Waals surface area contributed by atoms with E-state index in [1.807, 2.05) is 0 Å². The maximum atomic E-state index is 11.2. The molecule has 0 aliphatic rings. The Morgan fingerprint density at radius 1 is 1.30 bits per heavy atom. The first-order valence-electron chi connectivity index (χ1n) is 7.08. The Kier molecular flexibility index (Phi) is 7.59. The van der Waals surface area contributed by atoms with Crippen molar-refractivity contribution in [2.45, 2.75) is 56.3 Å². The number of aromatic hydroxyl groups is 1. The van der Waals surface area contributed by atoms with Gasteiger partial charge in [-0.25, -0.2) is 0 Å². The van der Waals surface area contributed by atoms with Gasteiger partial charge in [0.1, 0.15) is 5.75 Å². The van der Waals surface area contributed by atoms with Crippen LogP contribution in [0.1, 0.15) is 44.6 Å². The molecular formula is C15H22BrNO3. The summed E-state index contributed by atoms with van der Waals surface area (Å²) in [6.07, 6.45) is 5.36. The standard InChI is InChI=1S/C15H22BrNO3/c1-2-3-4-5-13(16)11-14(17(19)20)10-12-6-8-15(18)9-7-12/h6-9,13-14,18H,2-5,10-11H2,1H3. The summed E-state index contributed by atoms with van der Waals surface area (Å²) >= 11 is 3.56. The minimum absolute atomic E-state index is 0.185. The smallest absolute Gasteiger partial charge is 0.218 e. The van der Waals surface area contributed by atoms with Crippen LogP contribution in [0, 0.1) is 10.1 Å². The van der Waals surface area contributed by atoms with Crippen LogP contribution in [0.4, 0.5) is 0 Å². The average Bonchev–Trinajstić information content (AvgIpc) is 2.40. The minimum atomic E-state index is -0.578. The van der Waals surface area contributed by atoms with Crippen LogP contribution in [0.5, 0.6) is 5.75 Å². The Bertz CT molecular complexity index is 408. The fourth-order valence-corrected chi connectivity index (χ4v) is 2.93. The Morgan fingerprint density at radius 3 is 2.50 bits per heavy atom. The summed E-state index contributed by atoms with van der Waals surface area (Å²) in [6, 6.07) is 6.04. The van der Waals surface area contributed by atoms with Crippen molar-refractivity contribution in [1.29, 1.82) is 0 Å². The van der Waals surface area contributed by atoms with E-state index in [0.29, 0.717) is 12.8 Å². The summed E-state index contributed by atoms with van der Waals surface area (Å²) in [7, 11) is 0. The lowest BCUT2D eigenvalue weighted by Gasteiger charge is -2.14. The summed E-state index contributed by atoms with van der Waals surface area (Å²) in [6.45, 7) is 2.15. The first-order valence-corrected chi connectivity index (χ1v) is 8.00. The zero-order chi connectivity index (χ0) is 15.0. The summed E-state index contributed by atoms with van der Waals surface area (Å²) in [4.78, 5) is 11.2. The second-order valence-corrected chi connectivity index (χ2v) is 6.43. The quantitative estimate of drug-likeness (QED) is 0.314. The van der Waals surface area contributed by atoms with Gasteiger partial charge in [-0.2, -0.15) is 0 Å². The predicted octanol–water partition coefficient (Wildman–Crippen LogP) is 4.31. The molecule has 1 aromatic rings. The van der Waals surface area contributed by atoms with Crippen molar-refractivity contribution in [3.63, 3.8) is 0 Å². The highest BCUT2D eigenvalue weighted by Crippen LogP contribution is 2.21. The molecule has 1 rings (SSSR count). The number of phenols is 1. The summed E-state index contributed by atoms with van der Waals surface area (Å²) in [5, 5.41) is 20.4. The number of nitrogens with zero attached hydrogens (tertiary/aromatic N) is 1. The van der Waals surface area contributed by atoms with Crippen LogP contribution >= 0.6 is 15.9 Å². The number of nitro groups is 1. The molecule has 0 amide bonds. The molecule has 5 heteroatoms.